The Kier molecular flexibility index (Phi) is 3.15. The Morgan fingerprint density at radius 1 is 1.39 bits per heavy atom. The topological polar surface area (TPSA) is 97.5 Å². The van der Waals surface area contributed by atoms with Gasteiger partial charge in [-0.15, -0.1) is 0 Å². The van der Waals surface area contributed by atoms with Crippen LogP contribution in [0.5, 0.6) is 0 Å². The second-order valence-corrected chi connectivity index (χ2v) is 5.39. The standard InChI is InChI=1S/C14H16N6O3/c1-2-18-8-15-12-11(18)14(22)20-10(16-12)7-9(17-20)13(21)19-3-5-23-6-4-19/h7-8,17H,2-6H2,1H3. The normalized spacial score (nSPS) is 15.6. The first kappa shape index (κ1) is 13.9. The van der Waals surface area contributed by atoms with Gasteiger partial charge in [0.25, 0.3) is 11.5 Å². The van der Waals surface area contributed by atoms with Crippen LogP contribution in [0.4, 0.5) is 0 Å². The van der Waals surface area contributed by atoms with E-state index in [1.165, 1.54) is 4.52 Å². The number of ether oxygens (including phenoxy) is 1. The Morgan fingerprint density at radius 3 is 2.91 bits per heavy atom. The Hall–Kier alpha value is -2.68. The highest BCUT2D eigenvalue weighted by Gasteiger charge is 2.22. The summed E-state index contributed by atoms with van der Waals surface area (Å²) in [6.07, 6.45) is 1.60. The summed E-state index contributed by atoms with van der Waals surface area (Å²) in [5, 5.41) is 2.86. The van der Waals surface area contributed by atoms with Crippen molar-refractivity contribution in [1.82, 2.24) is 29.0 Å². The van der Waals surface area contributed by atoms with Crippen LogP contribution >= 0.6 is 0 Å². The number of carbonyl (C=O) groups excluding carboxylic acids is 1. The van der Waals surface area contributed by atoms with Gasteiger partial charge in [-0.25, -0.2) is 9.97 Å². The summed E-state index contributed by atoms with van der Waals surface area (Å²) >= 11 is 0. The Bertz CT molecular complexity index is 947. The van der Waals surface area contributed by atoms with Crippen LogP contribution in [0.1, 0.15) is 17.4 Å². The quantitative estimate of drug-likeness (QED) is 0.710. The average Bonchev–Trinajstić information content (AvgIpc) is 3.19. The third-order valence-electron chi connectivity index (χ3n) is 4.05. The second kappa shape index (κ2) is 5.20. The van der Waals surface area contributed by atoms with E-state index in [9.17, 15) is 9.59 Å². The molecule has 1 amide bonds. The molecule has 4 heterocycles. The van der Waals surface area contributed by atoms with Crippen molar-refractivity contribution in [2.45, 2.75) is 13.5 Å². The maximum Gasteiger partial charge on any atom is 0.298 e. The molecule has 1 aliphatic rings. The molecule has 0 unspecified atom stereocenters. The van der Waals surface area contributed by atoms with Crippen LogP contribution in [0.15, 0.2) is 17.2 Å². The third-order valence-corrected chi connectivity index (χ3v) is 4.05. The Balaban J connectivity index is 1.83. The number of rotatable bonds is 2. The van der Waals surface area contributed by atoms with E-state index in [0.29, 0.717) is 55.4 Å². The van der Waals surface area contributed by atoms with Crippen LogP contribution in [-0.2, 0) is 11.3 Å². The average molecular weight is 316 g/mol. The fraction of sp³-hybridized carbons (Fsp3) is 0.429. The van der Waals surface area contributed by atoms with Crippen molar-refractivity contribution in [3.8, 4) is 0 Å². The minimum atomic E-state index is -0.259. The van der Waals surface area contributed by atoms with Gasteiger partial charge in [0.05, 0.1) is 19.5 Å². The monoisotopic (exact) mass is 316 g/mol. The van der Waals surface area contributed by atoms with E-state index in [2.05, 4.69) is 15.1 Å². The van der Waals surface area contributed by atoms with Crippen molar-refractivity contribution in [1.29, 1.82) is 0 Å². The molecule has 9 heteroatoms. The van der Waals surface area contributed by atoms with Gasteiger partial charge in [0.1, 0.15) is 5.69 Å². The van der Waals surface area contributed by atoms with E-state index in [4.69, 9.17) is 4.74 Å². The summed E-state index contributed by atoms with van der Waals surface area (Å²) in [6.45, 7) is 4.69. The zero-order valence-electron chi connectivity index (χ0n) is 12.7. The second-order valence-electron chi connectivity index (χ2n) is 5.39. The number of nitrogens with zero attached hydrogens (tertiary/aromatic N) is 5. The summed E-state index contributed by atoms with van der Waals surface area (Å²) in [4.78, 5) is 35.4. The number of carbonyl (C=O) groups is 1. The first-order valence-corrected chi connectivity index (χ1v) is 7.52. The highest BCUT2D eigenvalue weighted by molar-refractivity contribution is 5.93. The molecule has 23 heavy (non-hydrogen) atoms. The van der Waals surface area contributed by atoms with E-state index >= 15 is 0 Å². The lowest BCUT2D eigenvalue weighted by molar-refractivity contribution is 0.0299. The molecule has 1 saturated heterocycles. The zero-order chi connectivity index (χ0) is 16.0. The SMILES string of the molecule is CCn1cnc2nc3cc(C(=O)N4CCOCC4)[nH]n3c(=O)c21. The fourth-order valence-corrected chi connectivity index (χ4v) is 2.81. The van der Waals surface area contributed by atoms with Crippen molar-refractivity contribution in [3.05, 3.63) is 28.4 Å². The molecule has 0 radical (unpaired) electrons. The Labute approximate surface area is 130 Å². The molecule has 1 N–H and O–H groups in total. The lowest BCUT2D eigenvalue weighted by Gasteiger charge is -2.26. The molecule has 120 valence electrons. The smallest absolute Gasteiger partial charge is 0.298 e. The number of amides is 1. The van der Waals surface area contributed by atoms with Gasteiger partial charge in [-0.3, -0.25) is 14.7 Å². The predicted molar refractivity (Wildman–Crippen MR) is 81.5 cm³/mol. The highest BCUT2D eigenvalue weighted by Crippen LogP contribution is 2.11. The summed E-state index contributed by atoms with van der Waals surface area (Å²) in [6, 6.07) is 1.59. The maximum absolute atomic E-state index is 12.6. The molecule has 1 aliphatic heterocycles. The molecule has 0 bridgehead atoms. The van der Waals surface area contributed by atoms with Gasteiger partial charge < -0.3 is 14.2 Å². The minimum absolute atomic E-state index is 0.158. The predicted octanol–water partition coefficient (Wildman–Crippen LogP) is -0.135. The van der Waals surface area contributed by atoms with Crippen LogP contribution < -0.4 is 5.56 Å². The summed E-state index contributed by atoms with van der Waals surface area (Å²) in [7, 11) is 0. The molecule has 1 fully saturated rings. The van der Waals surface area contributed by atoms with Gasteiger partial charge in [0.15, 0.2) is 16.8 Å². The van der Waals surface area contributed by atoms with Crippen LogP contribution in [0.3, 0.4) is 0 Å². The van der Waals surface area contributed by atoms with Crippen molar-refractivity contribution in [2.75, 3.05) is 26.3 Å². The van der Waals surface area contributed by atoms with Crippen molar-refractivity contribution in [2.24, 2.45) is 0 Å². The van der Waals surface area contributed by atoms with Crippen LogP contribution in [0.25, 0.3) is 16.8 Å². The van der Waals surface area contributed by atoms with E-state index in [-0.39, 0.29) is 11.5 Å². The highest BCUT2D eigenvalue weighted by atomic mass is 16.5. The number of hydrogen-bond donors (Lipinski definition) is 1. The maximum atomic E-state index is 12.6. The number of hydrogen-bond acceptors (Lipinski definition) is 5. The van der Waals surface area contributed by atoms with E-state index in [0.717, 1.165) is 0 Å². The van der Waals surface area contributed by atoms with E-state index in [1.807, 2.05) is 6.92 Å². The molecule has 0 spiro atoms. The number of H-pyrrole nitrogens is 1. The largest absolute Gasteiger partial charge is 0.378 e. The fourth-order valence-electron chi connectivity index (χ4n) is 2.81. The van der Waals surface area contributed by atoms with Crippen molar-refractivity contribution in [3.63, 3.8) is 0 Å². The van der Waals surface area contributed by atoms with Crippen molar-refractivity contribution >= 4 is 22.7 Å². The van der Waals surface area contributed by atoms with Crippen LogP contribution in [-0.4, -0.2) is 61.3 Å². The molecule has 0 saturated carbocycles. The lowest BCUT2D eigenvalue weighted by atomic mass is 10.3. The summed E-state index contributed by atoms with van der Waals surface area (Å²) < 4.78 is 8.28. The number of fused-ring (bicyclic) bond motifs is 2. The number of nitrogens with one attached hydrogen (secondary N) is 1. The summed E-state index contributed by atoms with van der Waals surface area (Å²) in [5.41, 5.74) is 1.29. The van der Waals surface area contributed by atoms with Crippen LogP contribution in [0.2, 0.25) is 0 Å². The number of imidazole rings is 1. The van der Waals surface area contributed by atoms with E-state index in [1.54, 1.807) is 21.9 Å². The van der Waals surface area contributed by atoms with E-state index < -0.39 is 0 Å². The first-order chi connectivity index (χ1) is 11.2. The molecule has 3 aromatic heterocycles. The third kappa shape index (κ3) is 2.12. The molecule has 0 atom stereocenters. The summed E-state index contributed by atoms with van der Waals surface area (Å²) in [5.74, 6) is -0.158. The van der Waals surface area contributed by atoms with Gasteiger partial charge in [-0.1, -0.05) is 0 Å². The number of aryl methyl sites for hydroxylation is 1. The molecule has 0 aliphatic carbocycles. The van der Waals surface area contributed by atoms with Crippen molar-refractivity contribution < 1.29 is 9.53 Å². The molecular weight excluding hydrogens is 300 g/mol. The van der Waals surface area contributed by atoms with Gasteiger partial charge in [0.2, 0.25) is 0 Å². The molecule has 9 nitrogen and oxygen atoms in total. The van der Waals surface area contributed by atoms with Gasteiger partial charge in [-0.05, 0) is 6.92 Å². The lowest BCUT2D eigenvalue weighted by Crippen LogP contribution is -2.40. The van der Waals surface area contributed by atoms with Gasteiger partial charge >= 0.3 is 0 Å². The first-order valence-electron chi connectivity index (χ1n) is 7.52. The minimum Gasteiger partial charge on any atom is -0.378 e. The number of aromatic amines is 1. The zero-order valence-corrected chi connectivity index (χ0v) is 12.7. The number of morpholine rings is 1. The molecule has 4 rings (SSSR count). The molecule has 3 aromatic rings. The van der Waals surface area contributed by atoms with Gasteiger partial charge in [0, 0.05) is 25.7 Å². The molecule has 0 aromatic carbocycles. The molecular formula is C14H16N6O3. The number of aromatic nitrogens is 5. The van der Waals surface area contributed by atoms with Crippen LogP contribution in [0, 0.1) is 0 Å². The van der Waals surface area contributed by atoms with Gasteiger partial charge in [-0.2, -0.15) is 4.52 Å². The Morgan fingerprint density at radius 2 is 2.17 bits per heavy atom.